The fourth-order valence-corrected chi connectivity index (χ4v) is 7.98. The summed E-state index contributed by atoms with van der Waals surface area (Å²) >= 11 is 5.22. The van der Waals surface area contributed by atoms with Crippen LogP contribution in [0.15, 0.2) is 95.9 Å². The number of nitrogens with zero attached hydrogens (tertiary/aromatic N) is 2. The van der Waals surface area contributed by atoms with Gasteiger partial charge in [0, 0.05) is 6.20 Å². The zero-order valence-electron chi connectivity index (χ0n) is 29.2. The second-order valence-corrected chi connectivity index (χ2v) is 20.1. The summed E-state index contributed by atoms with van der Waals surface area (Å²) in [6.07, 6.45) is -2.45. The molecule has 268 valence electrons. The van der Waals surface area contributed by atoms with Gasteiger partial charge in [-0.2, -0.15) is 0 Å². The Balaban J connectivity index is 1.65. The lowest BCUT2D eigenvalue weighted by Gasteiger charge is -2.40. The van der Waals surface area contributed by atoms with Crippen LogP contribution in [0.25, 0.3) is 0 Å². The minimum Gasteiger partial charge on any atom is -0.858 e. The number of ether oxygens (including phenoxy) is 4. The number of methoxy groups -OCH3 is 2. The van der Waals surface area contributed by atoms with Crippen LogP contribution < -0.4 is 20.3 Å². The largest absolute Gasteiger partial charge is 0.858 e. The molecule has 50 heavy (non-hydrogen) atoms. The van der Waals surface area contributed by atoms with Crippen LogP contribution in [0.3, 0.4) is 0 Å². The summed E-state index contributed by atoms with van der Waals surface area (Å²) < 4.78 is 38.9. The van der Waals surface area contributed by atoms with Crippen molar-refractivity contribution in [2.24, 2.45) is 0 Å². The third kappa shape index (κ3) is 7.95. The van der Waals surface area contributed by atoms with E-state index < -0.39 is 57.6 Å². The van der Waals surface area contributed by atoms with Crippen LogP contribution in [0.2, 0.25) is 18.1 Å². The van der Waals surface area contributed by atoms with E-state index in [-0.39, 0.29) is 11.6 Å². The smallest absolute Gasteiger partial charge is 0.349 e. The second kappa shape index (κ2) is 15.5. The first-order chi connectivity index (χ1) is 23.7. The van der Waals surface area contributed by atoms with Gasteiger partial charge in [0.2, 0.25) is 0 Å². The van der Waals surface area contributed by atoms with Crippen LogP contribution in [-0.2, 0) is 36.3 Å². The number of rotatable bonds is 13. The molecule has 2 heterocycles. The van der Waals surface area contributed by atoms with E-state index in [1.54, 1.807) is 14.2 Å². The van der Waals surface area contributed by atoms with Crippen molar-refractivity contribution in [1.82, 2.24) is 9.55 Å². The highest BCUT2D eigenvalue weighted by molar-refractivity contribution is 8.28. The summed E-state index contributed by atoms with van der Waals surface area (Å²) in [7, 11) is -2.06. The van der Waals surface area contributed by atoms with Gasteiger partial charge in [-0.1, -0.05) is 75.4 Å². The van der Waals surface area contributed by atoms with Crippen molar-refractivity contribution in [3.8, 4) is 17.4 Å². The van der Waals surface area contributed by atoms with Crippen molar-refractivity contribution in [2.45, 2.75) is 69.0 Å². The molecule has 1 aliphatic heterocycles. The van der Waals surface area contributed by atoms with Gasteiger partial charge in [0.25, 0.3) is 0 Å². The molecule has 14 heteroatoms. The Morgan fingerprint density at radius 2 is 1.44 bits per heavy atom. The topological polar surface area (TPSA) is 134 Å². The fourth-order valence-electron chi connectivity index (χ4n) is 5.84. The number of hydrogen-bond acceptors (Lipinski definition) is 11. The van der Waals surface area contributed by atoms with Crippen LogP contribution in [-0.4, -0.2) is 61.9 Å². The Hall–Kier alpha value is -3.26. The first-order valence-electron chi connectivity index (χ1n) is 16.2. The molecule has 0 spiro atoms. The lowest BCUT2D eigenvalue weighted by Crippen LogP contribution is -2.50. The van der Waals surface area contributed by atoms with Crippen molar-refractivity contribution >= 4 is 28.1 Å². The Morgan fingerprint density at radius 3 is 1.92 bits per heavy atom. The van der Waals surface area contributed by atoms with E-state index in [1.165, 1.54) is 16.8 Å². The maximum absolute atomic E-state index is 13.1. The van der Waals surface area contributed by atoms with Gasteiger partial charge in [-0.15, -0.1) is 0 Å². The van der Waals surface area contributed by atoms with Gasteiger partial charge in [-0.05, 0) is 71.0 Å². The van der Waals surface area contributed by atoms with Gasteiger partial charge in [0.15, 0.2) is 20.6 Å². The maximum atomic E-state index is 13.1. The number of aromatic nitrogens is 2. The molecule has 1 aromatic heterocycles. The Kier molecular flexibility index (Phi) is 11.8. The minimum atomic E-state index is -2.71. The lowest BCUT2D eigenvalue weighted by atomic mass is 9.80. The summed E-state index contributed by atoms with van der Waals surface area (Å²) in [4.78, 5) is 27.3. The third-order valence-corrected chi connectivity index (χ3v) is 14.7. The highest BCUT2D eigenvalue weighted by atomic mass is 32.7. The highest BCUT2D eigenvalue weighted by Gasteiger charge is 2.54. The zero-order valence-corrected chi connectivity index (χ0v) is 32.0. The van der Waals surface area contributed by atoms with E-state index in [9.17, 15) is 14.8 Å². The molecule has 4 aromatic rings. The van der Waals surface area contributed by atoms with E-state index in [2.05, 4.69) is 38.8 Å². The molecule has 11 nitrogen and oxygen atoms in total. The Bertz CT molecular complexity index is 1720. The summed E-state index contributed by atoms with van der Waals surface area (Å²) in [5.41, 5.74) is 0.452. The maximum Gasteiger partial charge on any atom is 0.349 e. The molecule has 0 amide bonds. The average Bonchev–Trinajstić information content (AvgIpc) is 3.40. The molecule has 1 saturated heterocycles. The predicted octanol–water partition coefficient (Wildman–Crippen LogP) is 5.51. The summed E-state index contributed by atoms with van der Waals surface area (Å²) in [6.45, 7) is 10.3. The van der Waals surface area contributed by atoms with E-state index in [0.29, 0.717) is 11.5 Å². The van der Waals surface area contributed by atoms with E-state index in [4.69, 9.17) is 40.1 Å². The summed E-state index contributed by atoms with van der Waals surface area (Å²) in [5.74, 6) is 0.687. The molecule has 5 rings (SSSR count). The molecule has 0 saturated carbocycles. The lowest BCUT2D eigenvalue weighted by molar-refractivity contribution is -0.275. The SMILES string of the molecule is COc1ccc(C(OC[C@H]2O[C@@H](n3ccc([O-])nc3=O)[C@H](O[Si](C)(C)C(C)(C)C)[C@@H]2O[PH+](O)[S-])(c2ccccc2)c2ccc(OC)cc2)cc1. The molecule has 1 fully saturated rings. The molecule has 1 unspecified atom stereocenters. The monoisotopic (exact) mass is 739 g/mol. The standard InChI is InChI=1S/C36H45N2O9PSSi/c1-35(2,3)50(6,7)47-32-31(46-48(41)49)29(45-33(32)38-22-21-30(39)37-34(38)40)23-44-36(24-11-9-8-10-12-24,25-13-17-27(42-4)18-14-25)26-15-19-28(43-5)20-16-26/h8-22,29,31-33,41,48H,23H2,1-7H3,(H,37,39,40)/p-1/t29-,31-,32-,33-/m1/s1. The van der Waals surface area contributed by atoms with Gasteiger partial charge in [0.1, 0.15) is 36.9 Å². The molecular formula is C36H44N2O9PSSi-. The van der Waals surface area contributed by atoms with Crippen LogP contribution in [0, 0.1) is 0 Å². The van der Waals surface area contributed by atoms with Crippen LogP contribution in [0.5, 0.6) is 17.4 Å². The molecule has 1 aliphatic rings. The Morgan fingerprint density at radius 1 is 0.900 bits per heavy atom. The van der Waals surface area contributed by atoms with Crippen molar-refractivity contribution in [2.75, 3.05) is 20.8 Å². The third-order valence-electron chi connectivity index (χ3n) is 9.48. The Labute approximate surface area is 300 Å². The predicted molar refractivity (Wildman–Crippen MR) is 195 cm³/mol. The normalized spacial score (nSPS) is 20.4. The molecular weight excluding hydrogens is 696 g/mol. The number of benzene rings is 3. The van der Waals surface area contributed by atoms with E-state index in [1.807, 2.05) is 78.9 Å². The van der Waals surface area contributed by atoms with Crippen LogP contribution >= 0.6 is 7.58 Å². The van der Waals surface area contributed by atoms with E-state index >= 15 is 0 Å². The molecule has 0 bridgehead atoms. The van der Waals surface area contributed by atoms with E-state index in [0.717, 1.165) is 16.7 Å². The first kappa shape index (κ1) is 38.0. The first-order valence-corrected chi connectivity index (χ1v) is 21.6. The molecule has 0 aliphatic carbocycles. The van der Waals surface area contributed by atoms with Gasteiger partial charge in [-0.3, -0.25) is 4.57 Å². The fraction of sp³-hybridized carbons (Fsp3) is 0.389. The highest BCUT2D eigenvalue weighted by Crippen LogP contribution is 2.47. The molecule has 1 N–H and O–H groups in total. The molecule has 0 radical (unpaired) electrons. The van der Waals surface area contributed by atoms with Gasteiger partial charge >= 0.3 is 5.69 Å². The van der Waals surface area contributed by atoms with Crippen molar-refractivity contribution in [3.05, 3.63) is 118 Å². The van der Waals surface area contributed by atoms with Crippen molar-refractivity contribution in [3.63, 3.8) is 0 Å². The quantitative estimate of drug-likeness (QED) is 0.0805. The molecule has 3 aromatic carbocycles. The van der Waals surface area contributed by atoms with Crippen LogP contribution in [0.4, 0.5) is 0 Å². The second-order valence-electron chi connectivity index (χ2n) is 13.5. The van der Waals surface area contributed by atoms with Gasteiger partial charge in [-0.25, -0.2) is 19.2 Å². The minimum absolute atomic E-state index is 0.0855. The zero-order chi connectivity index (χ0) is 36.3. The summed E-state index contributed by atoms with van der Waals surface area (Å²) in [6, 6.07) is 26.2. The molecule has 5 atom stereocenters. The average molecular weight is 740 g/mol. The number of hydrogen-bond donors (Lipinski definition) is 1. The van der Waals surface area contributed by atoms with Crippen LogP contribution in [0.1, 0.15) is 43.7 Å². The van der Waals surface area contributed by atoms with Crippen molar-refractivity contribution < 1.29 is 37.9 Å². The van der Waals surface area contributed by atoms with Gasteiger partial charge < -0.3 is 40.7 Å². The summed E-state index contributed by atoms with van der Waals surface area (Å²) in [5, 5.41) is 11.7. The van der Waals surface area contributed by atoms with Crippen molar-refractivity contribution in [1.29, 1.82) is 0 Å². The van der Waals surface area contributed by atoms with Gasteiger partial charge in [0.05, 0.1) is 20.8 Å².